The molecule has 3 nitrogen and oxygen atoms in total. The number of nitrogens with zero attached hydrogens (tertiary/aromatic N) is 1. The number of unbranched alkanes of at least 4 members (excludes halogenated alkanes) is 2. The number of hydrogen-bond acceptors (Lipinski definition) is 2. The lowest BCUT2D eigenvalue weighted by molar-refractivity contribution is -0.113. The zero-order valence-corrected chi connectivity index (χ0v) is 20.7. The minimum atomic E-state index is -0.561. The number of aromatic nitrogens is 1. The third kappa shape index (κ3) is 5.27. The highest BCUT2D eigenvalue weighted by Crippen LogP contribution is 2.42. The summed E-state index contributed by atoms with van der Waals surface area (Å²) in [5.74, 6) is -1.45. The van der Waals surface area contributed by atoms with Crippen molar-refractivity contribution in [1.29, 1.82) is 0 Å². The van der Waals surface area contributed by atoms with Gasteiger partial charge in [0, 0.05) is 29.2 Å². The van der Waals surface area contributed by atoms with E-state index in [1.54, 1.807) is 18.2 Å². The van der Waals surface area contributed by atoms with Crippen LogP contribution in [0.1, 0.15) is 74.6 Å². The van der Waals surface area contributed by atoms with Crippen molar-refractivity contribution in [2.75, 3.05) is 0 Å². The van der Waals surface area contributed by atoms with E-state index in [-0.39, 0.29) is 11.9 Å². The predicted octanol–water partition coefficient (Wildman–Crippen LogP) is 8.01. The summed E-state index contributed by atoms with van der Waals surface area (Å²) >= 11 is 6.13. The second-order valence-electron chi connectivity index (χ2n) is 8.85. The average Bonchev–Trinajstić information content (AvgIpc) is 3.06. The maximum atomic E-state index is 14.8. The summed E-state index contributed by atoms with van der Waals surface area (Å²) in [6, 6.07) is 12.4. The van der Waals surface area contributed by atoms with E-state index >= 15 is 0 Å². The lowest BCUT2D eigenvalue weighted by Gasteiger charge is -2.17. The maximum absolute atomic E-state index is 14.8. The molecule has 0 atom stereocenters. The number of halogens is 2. The number of carbonyl (C=O) groups is 2. The van der Waals surface area contributed by atoms with Gasteiger partial charge >= 0.3 is 0 Å². The molecule has 1 aromatic heterocycles. The third-order valence-corrected chi connectivity index (χ3v) is 6.20. The Kier molecular flexibility index (Phi) is 7.91. The molecule has 5 heteroatoms. The molecule has 0 saturated heterocycles. The van der Waals surface area contributed by atoms with E-state index in [0.717, 1.165) is 42.5 Å². The van der Waals surface area contributed by atoms with Gasteiger partial charge in [0.1, 0.15) is 5.82 Å². The molecule has 0 aliphatic heterocycles. The van der Waals surface area contributed by atoms with Crippen molar-refractivity contribution >= 4 is 23.2 Å². The van der Waals surface area contributed by atoms with Crippen LogP contribution in [0.15, 0.2) is 42.5 Å². The van der Waals surface area contributed by atoms with Crippen LogP contribution in [0.25, 0.3) is 22.4 Å². The van der Waals surface area contributed by atoms with Crippen molar-refractivity contribution in [2.45, 2.75) is 66.3 Å². The molecule has 0 fully saturated rings. The van der Waals surface area contributed by atoms with E-state index in [2.05, 4.69) is 11.5 Å². The molecule has 0 aliphatic carbocycles. The van der Waals surface area contributed by atoms with Crippen LogP contribution in [0.3, 0.4) is 0 Å². The van der Waals surface area contributed by atoms with Crippen LogP contribution >= 0.6 is 11.6 Å². The van der Waals surface area contributed by atoms with Crippen LogP contribution < -0.4 is 0 Å². The van der Waals surface area contributed by atoms with Crippen molar-refractivity contribution < 1.29 is 14.0 Å². The van der Waals surface area contributed by atoms with Crippen molar-refractivity contribution in [3.63, 3.8) is 0 Å². The second-order valence-corrected chi connectivity index (χ2v) is 9.28. The van der Waals surface area contributed by atoms with Gasteiger partial charge in [-0.15, -0.1) is 0 Å². The minimum Gasteiger partial charge on any atom is -0.341 e. The summed E-state index contributed by atoms with van der Waals surface area (Å²) in [7, 11) is 0. The first kappa shape index (κ1) is 24.9. The van der Waals surface area contributed by atoms with Gasteiger partial charge in [0.25, 0.3) is 0 Å². The summed E-state index contributed by atoms with van der Waals surface area (Å²) in [6.45, 7) is 9.31. The largest absolute Gasteiger partial charge is 0.341 e. The molecule has 33 heavy (non-hydrogen) atoms. The van der Waals surface area contributed by atoms with E-state index in [1.165, 1.54) is 13.0 Å². The average molecular weight is 468 g/mol. The van der Waals surface area contributed by atoms with Gasteiger partial charge in [0.15, 0.2) is 5.78 Å². The number of aryl methyl sites for hydroxylation is 1. The molecule has 0 radical (unpaired) electrons. The molecule has 1 heterocycles. The Morgan fingerprint density at radius 2 is 1.70 bits per heavy atom. The Bertz CT molecular complexity index is 1180. The van der Waals surface area contributed by atoms with Crippen LogP contribution in [0.5, 0.6) is 0 Å². The number of ketones is 2. The van der Waals surface area contributed by atoms with Crippen LogP contribution in [0.4, 0.5) is 4.39 Å². The van der Waals surface area contributed by atoms with Gasteiger partial charge in [0.2, 0.25) is 5.78 Å². The molecule has 0 N–H and O–H groups in total. The predicted molar refractivity (Wildman–Crippen MR) is 134 cm³/mol. The lowest BCUT2D eigenvalue weighted by Crippen LogP contribution is -2.13. The van der Waals surface area contributed by atoms with Crippen molar-refractivity contribution in [1.82, 2.24) is 4.57 Å². The first-order valence-electron chi connectivity index (χ1n) is 11.5. The molecule has 3 rings (SSSR count). The standard InChI is InChI=1S/C28H31ClFNO2/c1-6-7-8-9-20-14-22(16-24(30)15-20)26-25(28(33)19(5)32)18(4)31(17(2)3)27(26)21-10-12-23(29)13-11-21/h10-17H,6-9H2,1-5H3. The van der Waals surface area contributed by atoms with Gasteiger partial charge in [0.05, 0.1) is 11.3 Å². The van der Waals surface area contributed by atoms with E-state index in [4.69, 9.17) is 11.6 Å². The van der Waals surface area contributed by atoms with Gasteiger partial charge in [-0.1, -0.05) is 49.6 Å². The Morgan fingerprint density at radius 1 is 1.03 bits per heavy atom. The van der Waals surface area contributed by atoms with E-state index in [0.29, 0.717) is 27.4 Å². The van der Waals surface area contributed by atoms with Crippen molar-refractivity contribution in [3.8, 4) is 22.4 Å². The molecule has 0 spiro atoms. The van der Waals surface area contributed by atoms with E-state index < -0.39 is 11.6 Å². The number of Topliss-reactive ketones (excluding diaryl/α,β-unsaturated/α-hetero) is 2. The Labute approximate surface area is 200 Å². The fourth-order valence-electron chi connectivity index (χ4n) is 4.50. The number of carbonyl (C=O) groups excluding carboxylic acids is 2. The van der Waals surface area contributed by atoms with Crippen LogP contribution in [-0.2, 0) is 11.2 Å². The fourth-order valence-corrected chi connectivity index (χ4v) is 4.62. The van der Waals surface area contributed by atoms with Crippen LogP contribution in [0.2, 0.25) is 5.02 Å². The first-order chi connectivity index (χ1) is 15.6. The van der Waals surface area contributed by atoms with Crippen molar-refractivity contribution in [2.24, 2.45) is 0 Å². The normalized spacial score (nSPS) is 11.3. The Morgan fingerprint density at radius 3 is 2.27 bits per heavy atom. The topological polar surface area (TPSA) is 39.1 Å². The van der Waals surface area contributed by atoms with Gasteiger partial charge in [-0.25, -0.2) is 4.39 Å². The molecule has 0 amide bonds. The molecule has 0 bridgehead atoms. The highest BCUT2D eigenvalue weighted by Gasteiger charge is 2.30. The fraction of sp³-hybridized carbons (Fsp3) is 0.357. The molecule has 0 aliphatic rings. The molecule has 174 valence electrons. The summed E-state index contributed by atoms with van der Waals surface area (Å²) in [6.07, 6.45) is 3.87. The van der Waals surface area contributed by atoms with Gasteiger partial charge in [-0.3, -0.25) is 9.59 Å². The monoisotopic (exact) mass is 467 g/mol. The summed E-state index contributed by atoms with van der Waals surface area (Å²) in [4.78, 5) is 25.3. The smallest absolute Gasteiger partial charge is 0.230 e. The number of benzene rings is 2. The SMILES string of the molecule is CCCCCc1cc(F)cc(-c2c(C(=O)C(C)=O)c(C)n(C(C)C)c2-c2ccc(Cl)cc2)c1. The number of rotatable bonds is 9. The van der Waals surface area contributed by atoms with Gasteiger partial charge < -0.3 is 4.57 Å². The third-order valence-electron chi connectivity index (χ3n) is 5.95. The summed E-state index contributed by atoms with van der Waals surface area (Å²) < 4.78 is 16.8. The molecular formula is C28H31ClFNO2. The molecular weight excluding hydrogens is 437 g/mol. The maximum Gasteiger partial charge on any atom is 0.230 e. The van der Waals surface area contributed by atoms with Gasteiger partial charge in [-0.2, -0.15) is 0 Å². The van der Waals surface area contributed by atoms with E-state index in [1.807, 2.05) is 39.0 Å². The zero-order chi connectivity index (χ0) is 24.3. The number of hydrogen-bond donors (Lipinski definition) is 0. The van der Waals surface area contributed by atoms with Gasteiger partial charge in [-0.05, 0) is 74.6 Å². The minimum absolute atomic E-state index is 0.0144. The highest BCUT2D eigenvalue weighted by molar-refractivity contribution is 6.44. The van der Waals surface area contributed by atoms with E-state index in [9.17, 15) is 14.0 Å². The zero-order valence-electron chi connectivity index (χ0n) is 20.0. The quantitative estimate of drug-likeness (QED) is 0.181. The summed E-state index contributed by atoms with van der Waals surface area (Å²) in [5.41, 5.74) is 4.77. The van der Waals surface area contributed by atoms with Crippen LogP contribution in [-0.4, -0.2) is 16.1 Å². The highest BCUT2D eigenvalue weighted by atomic mass is 35.5. The molecule has 3 aromatic rings. The second kappa shape index (κ2) is 10.5. The molecule has 2 aromatic carbocycles. The lowest BCUT2D eigenvalue weighted by atomic mass is 9.92. The van der Waals surface area contributed by atoms with Crippen LogP contribution in [0, 0.1) is 12.7 Å². The summed E-state index contributed by atoms with van der Waals surface area (Å²) in [5, 5.41) is 0.601. The van der Waals surface area contributed by atoms with Crippen molar-refractivity contribution in [3.05, 3.63) is 70.1 Å². The molecule has 0 saturated carbocycles. The first-order valence-corrected chi connectivity index (χ1v) is 11.9. The Balaban J connectivity index is 2.38. The molecule has 0 unspecified atom stereocenters. The Hall–Kier alpha value is -2.72.